The van der Waals surface area contributed by atoms with Crippen molar-refractivity contribution in [3.05, 3.63) is 35.9 Å². The maximum atomic E-state index is 11.0. The minimum absolute atomic E-state index is 0.0235. The van der Waals surface area contributed by atoms with E-state index < -0.39 is 17.2 Å². The van der Waals surface area contributed by atoms with Crippen LogP contribution in [0.5, 0.6) is 0 Å². The van der Waals surface area contributed by atoms with Crippen LogP contribution in [0.1, 0.15) is 24.8 Å². The molecule has 4 nitrogen and oxygen atoms in total. The van der Waals surface area contributed by atoms with E-state index in [9.17, 15) is 9.59 Å². The topological polar surface area (TPSA) is 74.6 Å². The number of carbonyl (C=O) groups is 2. The maximum absolute atomic E-state index is 11.0. The normalized spacial score (nSPS) is 12.0. The number of carboxylic acid groups (broad SMARTS) is 2. The molecule has 0 aromatic heterocycles. The van der Waals surface area contributed by atoms with Gasteiger partial charge in [-0.1, -0.05) is 30.3 Å². The van der Waals surface area contributed by atoms with Crippen LogP contribution in [0.3, 0.4) is 0 Å². The molecule has 0 amide bonds. The predicted octanol–water partition coefficient (Wildman–Crippen LogP) is 2.63. The molecule has 2 N–H and O–H groups in total. The third-order valence-corrected chi connectivity index (χ3v) is 3.77. The summed E-state index contributed by atoms with van der Waals surface area (Å²) in [7, 11) is 0. The van der Waals surface area contributed by atoms with Crippen LogP contribution in [0.15, 0.2) is 30.3 Å². The number of hydrogen-bond acceptors (Lipinski definition) is 3. The molecule has 0 saturated heterocycles. The van der Waals surface area contributed by atoms with Crippen LogP contribution in [-0.4, -0.2) is 27.4 Å². The van der Waals surface area contributed by atoms with Gasteiger partial charge in [0.05, 0.1) is 0 Å². The monoisotopic (exact) mass is 268 g/mol. The molecule has 1 rings (SSSR count). The highest BCUT2D eigenvalue weighted by atomic mass is 32.2. The molecule has 0 aliphatic heterocycles. The van der Waals surface area contributed by atoms with Crippen LogP contribution in [0.2, 0.25) is 0 Å². The highest BCUT2D eigenvalue weighted by Gasteiger charge is 2.17. The van der Waals surface area contributed by atoms with Crippen LogP contribution < -0.4 is 0 Å². The summed E-state index contributed by atoms with van der Waals surface area (Å²) in [4.78, 5) is 21.4. The van der Waals surface area contributed by atoms with Gasteiger partial charge >= 0.3 is 11.9 Å². The Hall–Kier alpha value is -1.49. The first-order valence-electron chi connectivity index (χ1n) is 5.69. The summed E-state index contributed by atoms with van der Waals surface area (Å²) >= 11 is 1.34. The van der Waals surface area contributed by atoms with E-state index >= 15 is 0 Å². The van der Waals surface area contributed by atoms with Crippen LogP contribution in [0.25, 0.3) is 0 Å². The van der Waals surface area contributed by atoms with Crippen molar-refractivity contribution >= 4 is 23.7 Å². The molecule has 1 atom stereocenters. The summed E-state index contributed by atoms with van der Waals surface area (Å²) in [6.45, 7) is 0. The number of aliphatic carboxylic acids is 2. The van der Waals surface area contributed by atoms with Gasteiger partial charge in [-0.15, -0.1) is 11.8 Å². The van der Waals surface area contributed by atoms with Crippen molar-refractivity contribution in [1.82, 2.24) is 0 Å². The Balaban J connectivity index is 2.38. The van der Waals surface area contributed by atoms with Gasteiger partial charge in [0.1, 0.15) is 5.25 Å². The maximum Gasteiger partial charge on any atom is 0.316 e. The van der Waals surface area contributed by atoms with Crippen molar-refractivity contribution in [2.75, 3.05) is 0 Å². The van der Waals surface area contributed by atoms with Crippen LogP contribution in [0, 0.1) is 0 Å². The smallest absolute Gasteiger partial charge is 0.316 e. The second-order valence-corrected chi connectivity index (χ2v) is 5.10. The lowest BCUT2D eigenvalue weighted by Gasteiger charge is -2.11. The van der Waals surface area contributed by atoms with Crippen LogP contribution in [-0.2, 0) is 15.3 Å². The van der Waals surface area contributed by atoms with Gasteiger partial charge < -0.3 is 10.2 Å². The van der Waals surface area contributed by atoms with Crippen molar-refractivity contribution in [2.45, 2.75) is 30.3 Å². The summed E-state index contributed by atoms with van der Waals surface area (Å²) in [6.07, 6.45) is 0.808. The third-order valence-electron chi connectivity index (χ3n) is 2.43. The van der Waals surface area contributed by atoms with Gasteiger partial charge in [-0.25, -0.2) is 0 Å². The number of thioether (sulfide) groups is 1. The quantitative estimate of drug-likeness (QED) is 0.758. The van der Waals surface area contributed by atoms with E-state index in [0.29, 0.717) is 18.6 Å². The summed E-state index contributed by atoms with van der Waals surface area (Å²) in [5.74, 6) is -1.13. The van der Waals surface area contributed by atoms with E-state index in [-0.39, 0.29) is 6.42 Å². The molecule has 1 aromatic carbocycles. The summed E-state index contributed by atoms with van der Waals surface area (Å²) in [5, 5.41) is 17.0. The van der Waals surface area contributed by atoms with Gasteiger partial charge in [-0.05, 0) is 18.4 Å². The molecule has 5 heteroatoms. The van der Waals surface area contributed by atoms with E-state index in [1.807, 2.05) is 30.3 Å². The fraction of sp³-hybridized carbons (Fsp3) is 0.385. The van der Waals surface area contributed by atoms with E-state index in [0.717, 1.165) is 5.56 Å². The van der Waals surface area contributed by atoms with E-state index in [2.05, 4.69) is 0 Å². The Morgan fingerprint density at radius 3 is 2.39 bits per heavy atom. The van der Waals surface area contributed by atoms with Crippen molar-refractivity contribution in [3.63, 3.8) is 0 Å². The zero-order valence-electron chi connectivity index (χ0n) is 9.91. The Bertz CT molecular complexity index is 391. The van der Waals surface area contributed by atoms with Gasteiger partial charge in [-0.2, -0.15) is 0 Å². The number of hydrogen-bond donors (Lipinski definition) is 2. The number of benzene rings is 1. The first-order chi connectivity index (χ1) is 8.59. The average molecular weight is 268 g/mol. The highest BCUT2D eigenvalue weighted by molar-refractivity contribution is 7.99. The average Bonchev–Trinajstić information content (AvgIpc) is 2.34. The molecule has 0 aliphatic rings. The van der Waals surface area contributed by atoms with Gasteiger partial charge in [-0.3, -0.25) is 9.59 Å². The first kappa shape index (κ1) is 14.6. The molecular formula is C13H16O4S. The Kier molecular flexibility index (Phi) is 6.28. The summed E-state index contributed by atoms with van der Waals surface area (Å²) in [5.41, 5.74) is 1.08. The zero-order valence-corrected chi connectivity index (χ0v) is 10.7. The molecule has 0 fully saturated rings. The van der Waals surface area contributed by atoms with Crippen molar-refractivity contribution < 1.29 is 19.8 Å². The molecular weight excluding hydrogens is 252 g/mol. The largest absolute Gasteiger partial charge is 0.481 e. The lowest BCUT2D eigenvalue weighted by atomic mass is 10.2. The molecule has 0 aliphatic carbocycles. The fourth-order valence-electron chi connectivity index (χ4n) is 1.49. The minimum atomic E-state index is -0.882. The molecule has 98 valence electrons. The first-order valence-corrected chi connectivity index (χ1v) is 6.74. The third kappa shape index (κ3) is 5.72. The molecule has 0 spiro atoms. The molecule has 18 heavy (non-hydrogen) atoms. The Morgan fingerprint density at radius 2 is 1.83 bits per heavy atom. The van der Waals surface area contributed by atoms with E-state index in [1.165, 1.54) is 11.8 Å². The van der Waals surface area contributed by atoms with Crippen molar-refractivity contribution in [1.29, 1.82) is 0 Å². The van der Waals surface area contributed by atoms with Gasteiger partial charge in [0.2, 0.25) is 0 Å². The van der Waals surface area contributed by atoms with Crippen LogP contribution >= 0.6 is 11.8 Å². The predicted molar refractivity (Wildman–Crippen MR) is 70.6 cm³/mol. The molecule has 1 unspecified atom stereocenters. The standard InChI is InChI=1S/C13H16O4S/c14-12(15)8-4-7-11(13(16)17)18-9-10-5-2-1-3-6-10/h1-3,5-6,11H,4,7-9H2,(H,14,15)(H,16,17). The van der Waals surface area contributed by atoms with Crippen molar-refractivity contribution in [3.8, 4) is 0 Å². The second-order valence-electron chi connectivity index (χ2n) is 3.91. The molecule has 0 heterocycles. The van der Waals surface area contributed by atoms with E-state index in [1.54, 1.807) is 0 Å². The number of rotatable bonds is 8. The number of carboxylic acids is 2. The lowest BCUT2D eigenvalue weighted by molar-refractivity contribution is -0.139. The second kappa shape index (κ2) is 7.76. The SMILES string of the molecule is O=C(O)CCCC(SCc1ccccc1)C(=O)O. The Morgan fingerprint density at radius 1 is 1.17 bits per heavy atom. The summed E-state index contributed by atoms with van der Waals surface area (Å²) in [6, 6.07) is 9.63. The van der Waals surface area contributed by atoms with Crippen LogP contribution in [0.4, 0.5) is 0 Å². The molecule has 0 radical (unpaired) electrons. The van der Waals surface area contributed by atoms with Gasteiger partial charge in [0, 0.05) is 12.2 Å². The molecule has 1 aromatic rings. The summed E-state index contributed by atoms with van der Waals surface area (Å²) < 4.78 is 0. The fourth-order valence-corrected chi connectivity index (χ4v) is 2.55. The zero-order chi connectivity index (χ0) is 13.4. The molecule has 0 saturated carbocycles. The minimum Gasteiger partial charge on any atom is -0.481 e. The lowest BCUT2D eigenvalue weighted by Crippen LogP contribution is -2.17. The van der Waals surface area contributed by atoms with Crippen molar-refractivity contribution in [2.24, 2.45) is 0 Å². The molecule has 0 bridgehead atoms. The van der Waals surface area contributed by atoms with Gasteiger partial charge in [0.25, 0.3) is 0 Å². The highest BCUT2D eigenvalue weighted by Crippen LogP contribution is 2.22. The van der Waals surface area contributed by atoms with Gasteiger partial charge in [0.15, 0.2) is 0 Å². The Labute approximate surface area is 110 Å². The van der Waals surface area contributed by atoms with E-state index in [4.69, 9.17) is 10.2 Å².